The van der Waals surface area contributed by atoms with Gasteiger partial charge in [0.25, 0.3) is 0 Å². The predicted molar refractivity (Wildman–Crippen MR) is 92.8 cm³/mol. The van der Waals surface area contributed by atoms with Gasteiger partial charge in [-0.15, -0.1) is 0 Å². The molecule has 0 atom stereocenters. The van der Waals surface area contributed by atoms with E-state index >= 15 is 0 Å². The van der Waals surface area contributed by atoms with Crippen LogP contribution in [0.25, 0.3) is 11.1 Å². The summed E-state index contributed by atoms with van der Waals surface area (Å²) in [5.74, 6) is -1.43. The Balaban J connectivity index is 1.90. The molecule has 5 nitrogen and oxygen atoms in total. The van der Waals surface area contributed by atoms with Crippen LogP contribution in [0, 0.1) is 6.92 Å². The van der Waals surface area contributed by atoms with Gasteiger partial charge in [-0.2, -0.15) is 0 Å². The highest BCUT2D eigenvalue weighted by Gasteiger charge is 2.11. The minimum absolute atomic E-state index is 0.124. The molecule has 24 heavy (non-hydrogen) atoms. The summed E-state index contributed by atoms with van der Waals surface area (Å²) in [6.07, 6.45) is 3.37. The summed E-state index contributed by atoms with van der Waals surface area (Å²) in [5.41, 5.74) is 4.26. The number of nitrogens with zero attached hydrogens (tertiary/aromatic N) is 1. The summed E-state index contributed by atoms with van der Waals surface area (Å²) in [6, 6.07) is 14.3. The number of carboxylic acid groups (broad SMARTS) is 1. The maximum Gasteiger partial charge on any atom is 0.339 e. The van der Waals surface area contributed by atoms with Gasteiger partial charge in [0.2, 0.25) is 0 Å². The molecule has 3 N–H and O–H groups in total. The Labute approximate surface area is 139 Å². The molecule has 3 rings (SSSR count). The number of aromatic carboxylic acids is 1. The quantitative estimate of drug-likeness (QED) is 0.671. The Morgan fingerprint density at radius 1 is 1.00 bits per heavy atom. The highest BCUT2D eigenvalue weighted by molar-refractivity contribution is 5.91. The second-order valence-corrected chi connectivity index (χ2v) is 5.49. The van der Waals surface area contributed by atoms with Gasteiger partial charge in [-0.05, 0) is 48.4 Å². The first-order chi connectivity index (χ1) is 11.5. The average Bonchev–Trinajstić information content (AvgIpc) is 2.54. The lowest BCUT2D eigenvalue weighted by molar-refractivity contribution is 0.0694. The fraction of sp³-hybridized carbons (Fsp3) is 0.0526. The first-order valence-electron chi connectivity index (χ1n) is 7.38. The number of nitrogens with one attached hydrogen (secondary N) is 1. The molecule has 0 aliphatic carbocycles. The Kier molecular flexibility index (Phi) is 4.16. The maximum absolute atomic E-state index is 11.0. The van der Waals surface area contributed by atoms with Crippen molar-refractivity contribution in [2.24, 2.45) is 0 Å². The van der Waals surface area contributed by atoms with Gasteiger partial charge < -0.3 is 15.5 Å². The molecule has 0 aliphatic rings. The Morgan fingerprint density at radius 2 is 1.83 bits per heavy atom. The van der Waals surface area contributed by atoms with Crippen molar-refractivity contribution in [1.82, 2.24) is 4.98 Å². The number of phenols is 1. The van der Waals surface area contributed by atoms with E-state index in [9.17, 15) is 9.90 Å². The summed E-state index contributed by atoms with van der Waals surface area (Å²) >= 11 is 0. The molecule has 0 amide bonds. The molecule has 0 aliphatic heterocycles. The first-order valence-corrected chi connectivity index (χ1v) is 7.38. The molecule has 5 heteroatoms. The van der Waals surface area contributed by atoms with Crippen LogP contribution < -0.4 is 5.32 Å². The van der Waals surface area contributed by atoms with Crippen molar-refractivity contribution in [2.45, 2.75) is 6.92 Å². The lowest BCUT2D eigenvalue weighted by atomic mass is 10.0. The third-order valence-corrected chi connectivity index (χ3v) is 3.61. The SMILES string of the molecule is Cc1cccc(Nc2cncc(-c3ccc(C(=O)O)c(O)c3)c2)c1. The Bertz CT molecular complexity index is 907. The van der Waals surface area contributed by atoms with Crippen LogP contribution >= 0.6 is 0 Å². The Morgan fingerprint density at radius 3 is 2.54 bits per heavy atom. The molecule has 2 aromatic carbocycles. The normalized spacial score (nSPS) is 10.4. The summed E-state index contributed by atoms with van der Waals surface area (Å²) < 4.78 is 0. The number of hydrogen-bond donors (Lipinski definition) is 3. The number of carboxylic acids is 1. The molecule has 3 aromatic rings. The van der Waals surface area contributed by atoms with Crippen LogP contribution in [0.3, 0.4) is 0 Å². The zero-order chi connectivity index (χ0) is 17.1. The smallest absolute Gasteiger partial charge is 0.339 e. The highest BCUT2D eigenvalue weighted by atomic mass is 16.4. The summed E-state index contributed by atoms with van der Waals surface area (Å²) in [4.78, 5) is 15.2. The third kappa shape index (κ3) is 3.35. The number of aromatic nitrogens is 1. The lowest BCUT2D eigenvalue weighted by Gasteiger charge is -2.09. The predicted octanol–water partition coefficient (Wildman–Crippen LogP) is 4.20. The van der Waals surface area contributed by atoms with Crippen molar-refractivity contribution in [1.29, 1.82) is 0 Å². The van der Waals surface area contributed by atoms with Crippen LogP contribution in [0.2, 0.25) is 0 Å². The minimum atomic E-state index is -1.16. The fourth-order valence-electron chi connectivity index (χ4n) is 2.45. The number of aryl methyl sites for hydroxylation is 1. The number of hydrogen-bond acceptors (Lipinski definition) is 4. The minimum Gasteiger partial charge on any atom is -0.507 e. The van der Waals surface area contributed by atoms with Crippen molar-refractivity contribution >= 4 is 17.3 Å². The van der Waals surface area contributed by atoms with E-state index in [1.807, 2.05) is 37.3 Å². The van der Waals surface area contributed by atoms with Crippen LogP contribution in [0.1, 0.15) is 15.9 Å². The lowest BCUT2D eigenvalue weighted by Crippen LogP contribution is -1.97. The zero-order valence-corrected chi connectivity index (χ0v) is 13.0. The van der Waals surface area contributed by atoms with E-state index in [1.54, 1.807) is 18.5 Å². The molecule has 0 saturated carbocycles. The van der Waals surface area contributed by atoms with Crippen LogP contribution in [0.5, 0.6) is 5.75 Å². The monoisotopic (exact) mass is 320 g/mol. The highest BCUT2D eigenvalue weighted by Crippen LogP contribution is 2.28. The molecule has 0 radical (unpaired) electrons. The fourth-order valence-corrected chi connectivity index (χ4v) is 2.45. The number of benzene rings is 2. The van der Waals surface area contributed by atoms with Gasteiger partial charge in [0, 0.05) is 17.4 Å². The number of rotatable bonds is 4. The topological polar surface area (TPSA) is 82.5 Å². The average molecular weight is 320 g/mol. The third-order valence-electron chi connectivity index (χ3n) is 3.61. The second-order valence-electron chi connectivity index (χ2n) is 5.49. The van der Waals surface area contributed by atoms with Crippen molar-refractivity contribution in [3.63, 3.8) is 0 Å². The molecule has 0 fully saturated rings. The van der Waals surface area contributed by atoms with Crippen LogP contribution in [-0.4, -0.2) is 21.2 Å². The van der Waals surface area contributed by atoms with Gasteiger partial charge in [0.1, 0.15) is 11.3 Å². The number of aromatic hydroxyl groups is 1. The van der Waals surface area contributed by atoms with Crippen molar-refractivity contribution in [3.8, 4) is 16.9 Å². The molecule has 120 valence electrons. The molecular weight excluding hydrogens is 304 g/mol. The van der Waals surface area contributed by atoms with Gasteiger partial charge >= 0.3 is 5.97 Å². The van der Waals surface area contributed by atoms with Crippen molar-refractivity contribution in [3.05, 3.63) is 72.1 Å². The van der Waals surface area contributed by atoms with Crippen LogP contribution in [0.4, 0.5) is 11.4 Å². The molecule has 0 bridgehead atoms. The van der Waals surface area contributed by atoms with E-state index in [2.05, 4.69) is 10.3 Å². The number of anilines is 2. The van der Waals surface area contributed by atoms with E-state index in [0.29, 0.717) is 5.56 Å². The summed E-state index contributed by atoms with van der Waals surface area (Å²) in [7, 11) is 0. The van der Waals surface area contributed by atoms with Gasteiger partial charge in [0.15, 0.2) is 0 Å². The van der Waals surface area contributed by atoms with E-state index in [0.717, 1.165) is 22.5 Å². The summed E-state index contributed by atoms with van der Waals surface area (Å²) in [5, 5.41) is 22.1. The van der Waals surface area contributed by atoms with Crippen LogP contribution in [-0.2, 0) is 0 Å². The molecule has 1 heterocycles. The van der Waals surface area contributed by atoms with Gasteiger partial charge in [-0.25, -0.2) is 4.79 Å². The molecular formula is C19H16N2O3. The van der Waals surface area contributed by atoms with Gasteiger partial charge in [0.05, 0.1) is 11.9 Å². The van der Waals surface area contributed by atoms with E-state index < -0.39 is 5.97 Å². The summed E-state index contributed by atoms with van der Waals surface area (Å²) in [6.45, 7) is 2.02. The second kappa shape index (κ2) is 6.42. The van der Waals surface area contributed by atoms with Gasteiger partial charge in [-0.1, -0.05) is 18.2 Å². The van der Waals surface area contributed by atoms with E-state index in [1.165, 1.54) is 12.1 Å². The maximum atomic E-state index is 11.0. The molecule has 1 aromatic heterocycles. The largest absolute Gasteiger partial charge is 0.507 e. The molecule has 0 unspecified atom stereocenters. The van der Waals surface area contributed by atoms with E-state index in [-0.39, 0.29) is 11.3 Å². The standard InChI is InChI=1S/C19H16N2O3/c1-12-3-2-4-15(7-12)21-16-8-14(10-20-11-16)13-5-6-17(19(23)24)18(22)9-13/h2-11,21-22H,1H3,(H,23,24). The van der Waals surface area contributed by atoms with Gasteiger partial charge in [-0.3, -0.25) is 4.98 Å². The molecule has 0 spiro atoms. The Hall–Kier alpha value is -3.34. The van der Waals surface area contributed by atoms with Crippen molar-refractivity contribution < 1.29 is 15.0 Å². The van der Waals surface area contributed by atoms with Crippen LogP contribution in [0.15, 0.2) is 60.9 Å². The van der Waals surface area contributed by atoms with Crippen molar-refractivity contribution in [2.75, 3.05) is 5.32 Å². The number of pyridine rings is 1. The van der Waals surface area contributed by atoms with E-state index in [4.69, 9.17) is 5.11 Å². The number of carbonyl (C=O) groups is 1. The first kappa shape index (κ1) is 15.6. The molecule has 0 saturated heterocycles. The zero-order valence-electron chi connectivity index (χ0n) is 13.0.